The van der Waals surface area contributed by atoms with Crippen molar-refractivity contribution in [3.05, 3.63) is 88.3 Å². The number of nitrogens with one attached hydrogen (secondary N) is 1. The SMILES string of the molecule is CC(=O)N1C[C@H]2C[C@H](C1)c1ccc(NC(=O)c3ccc(-c4ccccc4)cc3)c(=O)n1C2. The third-order valence-electron chi connectivity index (χ3n) is 6.55. The number of carbonyl (C=O) groups excluding carboxylic acids is 2. The molecule has 5 rings (SSSR count). The highest BCUT2D eigenvalue weighted by Crippen LogP contribution is 2.35. The molecule has 0 spiro atoms. The van der Waals surface area contributed by atoms with E-state index in [4.69, 9.17) is 0 Å². The molecule has 1 aromatic heterocycles. The molecule has 2 bridgehead atoms. The minimum Gasteiger partial charge on any atom is -0.342 e. The second kappa shape index (κ2) is 8.11. The number of anilines is 1. The molecule has 0 unspecified atom stereocenters. The van der Waals surface area contributed by atoms with Gasteiger partial charge < -0.3 is 14.8 Å². The molecule has 2 aliphatic heterocycles. The highest BCUT2D eigenvalue weighted by molar-refractivity contribution is 6.04. The lowest BCUT2D eigenvalue weighted by molar-refractivity contribution is -0.131. The minimum atomic E-state index is -0.305. The lowest BCUT2D eigenvalue weighted by atomic mass is 9.83. The number of hydrogen-bond acceptors (Lipinski definition) is 3. The largest absolute Gasteiger partial charge is 0.342 e. The Morgan fingerprint density at radius 2 is 1.59 bits per heavy atom. The summed E-state index contributed by atoms with van der Waals surface area (Å²) < 4.78 is 1.78. The summed E-state index contributed by atoms with van der Waals surface area (Å²) >= 11 is 0. The molecule has 1 N–H and O–H groups in total. The van der Waals surface area contributed by atoms with Crippen LogP contribution in [0.4, 0.5) is 5.69 Å². The highest BCUT2D eigenvalue weighted by atomic mass is 16.2. The first-order chi connectivity index (χ1) is 15.5. The summed E-state index contributed by atoms with van der Waals surface area (Å²) in [4.78, 5) is 39.6. The van der Waals surface area contributed by atoms with Gasteiger partial charge in [-0.05, 0) is 47.7 Å². The Hall–Kier alpha value is -3.67. The average molecular weight is 428 g/mol. The van der Waals surface area contributed by atoms with E-state index in [0.29, 0.717) is 25.2 Å². The Morgan fingerprint density at radius 1 is 0.875 bits per heavy atom. The van der Waals surface area contributed by atoms with E-state index in [2.05, 4.69) is 5.32 Å². The molecule has 0 radical (unpaired) electrons. The van der Waals surface area contributed by atoms with E-state index in [1.807, 2.05) is 53.4 Å². The standard InChI is InChI=1S/C26H25N3O3/c1-17(30)28-14-18-13-22(16-28)24-12-11-23(26(32)29(24)15-18)27-25(31)21-9-7-20(8-10-21)19-5-3-2-4-6-19/h2-12,18,22H,13-16H2,1H3,(H,27,31)/t18-,22-/m1/s1. The fourth-order valence-corrected chi connectivity index (χ4v) is 4.94. The highest BCUT2D eigenvalue weighted by Gasteiger charge is 2.35. The number of pyridine rings is 1. The van der Waals surface area contributed by atoms with Crippen molar-refractivity contribution in [3.63, 3.8) is 0 Å². The zero-order chi connectivity index (χ0) is 22.2. The summed E-state index contributed by atoms with van der Waals surface area (Å²) in [6.07, 6.45) is 0.989. The Balaban J connectivity index is 1.36. The van der Waals surface area contributed by atoms with Crippen molar-refractivity contribution in [3.8, 4) is 11.1 Å². The summed E-state index contributed by atoms with van der Waals surface area (Å²) in [6.45, 7) is 3.50. The Labute approximate surface area is 186 Å². The van der Waals surface area contributed by atoms with Crippen LogP contribution in [0.15, 0.2) is 71.5 Å². The molecule has 2 atom stereocenters. The van der Waals surface area contributed by atoms with Crippen LogP contribution in [0.3, 0.4) is 0 Å². The molecule has 6 nitrogen and oxygen atoms in total. The maximum Gasteiger partial charge on any atom is 0.274 e. The van der Waals surface area contributed by atoms with E-state index in [9.17, 15) is 14.4 Å². The summed E-state index contributed by atoms with van der Waals surface area (Å²) in [5.74, 6) is 0.201. The average Bonchev–Trinajstić information content (AvgIpc) is 2.81. The molecule has 0 aliphatic carbocycles. The number of piperidine rings is 1. The smallest absolute Gasteiger partial charge is 0.274 e. The third-order valence-corrected chi connectivity index (χ3v) is 6.55. The predicted octanol–water partition coefficient (Wildman–Crippen LogP) is 3.73. The number of carbonyl (C=O) groups is 2. The summed E-state index contributed by atoms with van der Waals surface area (Å²) in [7, 11) is 0. The molecule has 3 heterocycles. The van der Waals surface area contributed by atoms with E-state index < -0.39 is 0 Å². The van der Waals surface area contributed by atoms with Crippen LogP contribution in [0.5, 0.6) is 0 Å². The van der Waals surface area contributed by atoms with Crippen LogP contribution in [0.25, 0.3) is 11.1 Å². The number of aromatic nitrogens is 1. The zero-order valence-electron chi connectivity index (χ0n) is 18.0. The molecule has 1 saturated heterocycles. The van der Waals surface area contributed by atoms with Crippen LogP contribution in [-0.2, 0) is 11.3 Å². The first-order valence-electron chi connectivity index (χ1n) is 11.0. The van der Waals surface area contributed by atoms with Crippen LogP contribution in [0.2, 0.25) is 0 Å². The third kappa shape index (κ3) is 3.73. The lowest BCUT2D eigenvalue weighted by Gasteiger charge is -2.42. The second-order valence-corrected chi connectivity index (χ2v) is 8.71. The van der Waals surface area contributed by atoms with Crippen molar-refractivity contribution in [2.75, 3.05) is 18.4 Å². The quantitative estimate of drug-likeness (QED) is 0.692. The van der Waals surface area contributed by atoms with E-state index in [1.165, 1.54) is 0 Å². The predicted molar refractivity (Wildman–Crippen MR) is 124 cm³/mol. The fraction of sp³-hybridized carbons (Fsp3) is 0.269. The van der Waals surface area contributed by atoms with Gasteiger partial charge in [-0.25, -0.2) is 0 Å². The molecule has 32 heavy (non-hydrogen) atoms. The number of rotatable bonds is 3. The van der Waals surface area contributed by atoms with Gasteiger partial charge in [0.2, 0.25) is 5.91 Å². The van der Waals surface area contributed by atoms with Crippen LogP contribution < -0.4 is 10.9 Å². The normalized spacial score (nSPS) is 19.2. The van der Waals surface area contributed by atoms with Gasteiger partial charge in [-0.15, -0.1) is 0 Å². The molecule has 0 saturated carbocycles. The first kappa shape index (κ1) is 20.2. The van der Waals surface area contributed by atoms with Crippen LogP contribution >= 0.6 is 0 Å². The van der Waals surface area contributed by atoms with Crippen molar-refractivity contribution < 1.29 is 9.59 Å². The molecule has 2 aliphatic rings. The number of likely N-dealkylation sites (tertiary alicyclic amines) is 1. The van der Waals surface area contributed by atoms with Crippen LogP contribution in [-0.4, -0.2) is 34.4 Å². The maximum absolute atomic E-state index is 13.1. The number of benzene rings is 2. The van der Waals surface area contributed by atoms with Gasteiger partial charge in [-0.1, -0.05) is 42.5 Å². The molecule has 162 valence electrons. The van der Waals surface area contributed by atoms with Gasteiger partial charge in [0, 0.05) is 43.7 Å². The van der Waals surface area contributed by atoms with Crippen molar-refractivity contribution in [2.24, 2.45) is 5.92 Å². The van der Waals surface area contributed by atoms with Gasteiger partial charge in [0.15, 0.2) is 0 Å². The van der Waals surface area contributed by atoms with Crippen molar-refractivity contribution in [2.45, 2.75) is 25.8 Å². The van der Waals surface area contributed by atoms with E-state index >= 15 is 0 Å². The molecule has 1 fully saturated rings. The van der Waals surface area contributed by atoms with Gasteiger partial charge in [-0.2, -0.15) is 0 Å². The van der Waals surface area contributed by atoms with E-state index in [-0.39, 0.29) is 34.9 Å². The van der Waals surface area contributed by atoms with E-state index in [1.54, 1.807) is 29.7 Å². The number of fused-ring (bicyclic) bond motifs is 4. The Bertz CT molecular complexity index is 1230. The number of nitrogens with zero attached hydrogens (tertiary/aromatic N) is 2. The van der Waals surface area contributed by atoms with Gasteiger partial charge >= 0.3 is 0 Å². The summed E-state index contributed by atoms with van der Waals surface area (Å²) in [5, 5.41) is 2.79. The maximum atomic E-state index is 13.1. The molecular weight excluding hydrogens is 402 g/mol. The van der Waals surface area contributed by atoms with Gasteiger partial charge in [0.1, 0.15) is 5.69 Å². The fourth-order valence-electron chi connectivity index (χ4n) is 4.94. The van der Waals surface area contributed by atoms with Crippen molar-refractivity contribution in [1.82, 2.24) is 9.47 Å². The molecule has 2 amide bonds. The monoisotopic (exact) mass is 427 g/mol. The van der Waals surface area contributed by atoms with Gasteiger partial charge in [0.25, 0.3) is 11.5 Å². The molecule has 3 aromatic rings. The van der Waals surface area contributed by atoms with Gasteiger partial charge in [-0.3, -0.25) is 14.4 Å². The number of amides is 2. The van der Waals surface area contributed by atoms with Crippen LogP contribution in [0.1, 0.15) is 35.3 Å². The van der Waals surface area contributed by atoms with Gasteiger partial charge in [0.05, 0.1) is 0 Å². The molecular formula is C26H25N3O3. The summed E-state index contributed by atoms with van der Waals surface area (Å²) in [6, 6.07) is 20.9. The minimum absolute atomic E-state index is 0.0812. The summed E-state index contributed by atoms with van der Waals surface area (Å²) in [5.41, 5.74) is 3.67. The number of hydrogen-bond donors (Lipinski definition) is 1. The zero-order valence-corrected chi connectivity index (χ0v) is 18.0. The molecule has 6 heteroatoms. The topological polar surface area (TPSA) is 71.4 Å². The second-order valence-electron chi connectivity index (χ2n) is 8.71. The Morgan fingerprint density at radius 3 is 2.31 bits per heavy atom. The van der Waals surface area contributed by atoms with Crippen molar-refractivity contribution >= 4 is 17.5 Å². The molecule has 2 aromatic carbocycles. The van der Waals surface area contributed by atoms with E-state index in [0.717, 1.165) is 23.2 Å². The first-order valence-corrected chi connectivity index (χ1v) is 11.0. The lowest BCUT2D eigenvalue weighted by Crippen LogP contribution is -2.48. The van der Waals surface area contributed by atoms with Crippen LogP contribution in [0, 0.1) is 5.92 Å². The Kier molecular flexibility index (Phi) is 5.13. The van der Waals surface area contributed by atoms with Crippen molar-refractivity contribution in [1.29, 1.82) is 0 Å².